The van der Waals surface area contributed by atoms with Gasteiger partial charge in [0.25, 0.3) is 5.56 Å². The van der Waals surface area contributed by atoms with Crippen molar-refractivity contribution < 1.29 is 4.79 Å². The van der Waals surface area contributed by atoms with Gasteiger partial charge in [0, 0.05) is 22.8 Å². The molecule has 0 radical (unpaired) electrons. The molecule has 0 bridgehead atoms. The van der Waals surface area contributed by atoms with Crippen molar-refractivity contribution in [3.8, 4) is 0 Å². The number of nitrogens with one attached hydrogen (secondary N) is 3. The summed E-state index contributed by atoms with van der Waals surface area (Å²) in [5, 5.41) is 6.93. The number of aromatic amines is 1. The zero-order valence-electron chi connectivity index (χ0n) is 13.9. The topological polar surface area (TPSA) is 74.0 Å². The van der Waals surface area contributed by atoms with Gasteiger partial charge in [0.05, 0.1) is 5.52 Å². The van der Waals surface area contributed by atoms with Crippen molar-refractivity contribution in [2.45, 2.75) is 20.4 Å². The Morgan fingerprint density at radius 2 is 1.84 bits per heavy atom. The van der Waals surface area contributed by atoms with E-state index in [4.69, 9.17) is 11.6 Å². The van der Waals surface area contributed by atoms with E-state index in [9.17, 15) is 9.59 Å². The maximum atomic E-state index is 12.2. The van der Waals surface area contributed by atoms with Gasteiger partial charge in [-0.3, -0.25) is 4.79 Å². The van der Waals surface area contributed by atoms with Crippen LogP contribution in [0, 0.1) is 13.8 Å². The highest BCUT2D eigenvalue weighted by molar-refractivity contribution is 6.30. The van der Waals surface area contributed by atoms with E-state index in [2.05, 4.69) is 15.6 Å². The van der Waals surface area contributed by atoms with Gasteiger partial charge in [-0.2, -0.15) is 0 Å². The van der Waals surface area contributed by atoms with Crippen LogP contribution in [-0.4, -0.2) is 11.0 Å². The molecule has 0 saturated carbocycles. The lowest BCUT2D eigenvalue weighted by Gasteiger charge is -2.09. The molecule has 3 rings (SSSR count). The van der Waals surface area contributed by atoms with E-state index in [1.807, 2.05) is 32.0 Å². The smallest absolute Gasteiger partial charge is 0.319 e. The number of carbonyl (C=O) groups excluding carboxylic acids is 1. The first-order valence-corrected chi connectivity index (χ1v) is 8.24. The van der Waals surface area contributed by atoms with E-state index in [1.165, 1.54) is 0 Å². The number of carbonyl (C=O) groups is 1. The van der Waals surface area contributed by atoms with Gasteiger partial charge in [-0.1, -0.05) is 23.2 Å². The first kappa shape index (κ1) is 17.0. The predicted octanol–water partition coefficient (Wildman–Crippen LogP) is 4.12. The number of benzene rings is 2. The Morgan fingerprint density at radius 3 is 2.56 bits per heavy atom. The number of hydrogen-bond donors (Lipinski definition) is 3. The maximum Gasteiger partial charge on any atom is 0.319 e. The molecule has 3 aromatic rings. The third kappa shape index (κ3) is 4.00. The third-order valence-corrected chi connectivity index (χ3v) is 4.16. The van der Waals surface area contributed by atoms with Crippen LogP contribution in [0.5, 0.6) is 0 Å². The van der Waals surface area contributed by atoms with Crippen molar-refractivity contribution in [1.29, 1.82) is 0 Å². The Kier molecular flexibility index (Phi) is 4.76. The van der Waals surface area contributed by atoms with Crippen LogP contribution < -0.4 is 16.2 Å². The third-order valence-electron chi connectivity index (χ3n) is 3.91. The first-order valence-electron chi connectivity index (χ1n) is 7.86. The lowest BCUT2D eigenvalue weighted by Crippen LogP contribution is -2.30. The largest absolute Gasteiger partial charge is 0.334 e. The van der Waals surface area contributed by atoms with Crippen molar-refractivity contribution in [1.82, 2.24) is 10.3 Å². The summed E-state index contributed by atoms with van der Waals surface area (Å²) in [5.41, 5.74) is 3.89. The minimum absolute atomic E-state index is 0.137. The molecule has 0 atom stereocenters. The molecule has 2 amide bonds. The molecule has 0 aliphatic carbocycles. The van der Waals surface area contributed by atoms with Crippen LogP contribution in [0.15, 0.2) is 47.3 Å². The SMILES string of the molecule is Cc1cc(C)c2[nH]c(=O)c(CNC(=O)Nc3ccc(Cl)cc3)cc2c1. The number of halogens is 1. The van der Waals surface area contributed by atoms with Gasteiger partial charge in [0.1, 0.15) is 0 Å². The Bertz CT molecular complexity index is 994. The fourth-order valence-corrected chi connectivity index (χ4v) is 2.87. The van der Waals surface area contributed by atoms with E-state index < -0.39 is 0 Å². The van der Waals surface area contributed by atoms with Gasteiger partial charge in [-0.25, -0.2) is 4.79 Å². The molecule has 0 fully saturated rings. The standard InChI is InChI=1S/C19H18ClN3O2/c1-11-7-12(2)17-13(8-11)9-14(18(24)23-17)10-21-19(25)22-16-5-3-15(20)4-6-16/h3-9H,10H2,1-2H3,(H,23,24)(H2,21,22,25). The van der Waals surface area contributed by atoms with Crippen LogP contribution in [0.2, 0.25) is 5.02 Å². The lowest BCUT2D eigenvalue weighted by atomic mass is 10.1. The van der Waals surface area contributed by atoms with E-state index in [0.29, 0.717) is 16.3 Å². The average molecular weight is 356 g/mol. The minimum Gasteiger partial charge on any atom is -0.334 e. The molecule has 128 valence electrons. The van der Waals surface area contributed by atoms with Crippen molar-refractivity contribution in [3.05, 3.63) is 74.5 Å². The minimum atomic E-state index is -0.387. The quantitative estimate of drug-likeness (QED) is 0.661. The molecule has 2 aromatic carbocycles. The van der Waals surface area contributed by atoms with E-state index >= 15 is 0 Å². The van der Waals surface area contributed by atoms with Crippen LogP contribution in [-0.2, 0) is 6.54 Å². The monoisotopic (exact) mass is 355 g/mol. The number of fused-ring (bicyclic) bond motifs is 1. The molecule has 0 saturated heterocycles. The van der Waals surface area contributed by atoms with Crippen molar-refractivity contribution >= 4 is 34.2 Å². The van der Waals surface area contributed by atoms with Gasteiger partial charge in [-0.15, -0.1) is 0 Å². The summed E-state index contributed by atoms with van der Waals surface area (Å²) in [6.07, 6.45) is 0. The Labute approximate surface area is 150 Å². The number of pyridine rings is 1. The lowest BCUT2D eigenvalue weighted by molar-refractivity contribution is 0.251. The normalized spacial score (nSPS) is 10.7. The molecule has 6 heteroatoms. The zero-order valence-corrected chi connectivity index (χ0v) is 14.7. The first-order chi connectivity index (χ1) is 11.9. The number of amides is 2. The van der Waals surface area contributed by atoms with Gasteiger partial charge >= 0.3 is 6.03 Å². The van der Waals surface area contributed by atoms with Gasteiger partial charge < -0.3 is 15.6 Å². The van der Waals surface area contributed by atoms with Crippen molar-refractivity contribution in [2.75, 3.05) is 5.32 Å². The summed E-state index contributed by atoms with van der Waals surface area (Å²) in [7, 11) is 0. The Balaban J connectivity index is 1.74. The molecule has 3 N–H and O–H groups in total. The number of hydrogen-bond acceptors (Lipinski definition) is 2. The van der Waals surface area contributed by atoms with Crippen LogP contribution in [0.3, 0.4) is 0 Å². The summed E-state index contributed by atoms with van der Waals surface area (Å²) >= 11 is 5.81. The number of aryl methyl sites for hydroxylation is 2. The fraction of sp³-hybridized carbons (Fsp3) is 0.158. The molecular weight excluding hydrogens is 338 g/mol. The molecular formula is C19H18ClN3O2. The zero-order chi connectivity index (χ0) is 18.0. The summed E-state index contributed by atoms with van der Waals surface area (Å²) in [6.45, 7) is 4.11. The summed E-state index contributed by atoms with van der Waals surface area (Å²) in [6, 6.07) is 12.3. The summed E-state index contributed by atoms with van der Waals surface area (Å²) < 4.78 is 0. The van der Waals surface area contributed by atoms with E-state index in [-0.39, 0.29) is 18.1 Å². The number of urea groups is 1. The Hall–Kier alpha value is -2.79. The fourth-order valence-electron chi connectivity index (χ4n) is 2.75. The average Bonchev–Trinajstić information content (AvgIpc) is 2.56. The molecule has 1 aromatic heterocycles. The summed E-state index contributed by atoms with van der Waals surface area (Å²) in [5.74, 6) is 0. The van der Waals surface area contributed by atoms with Gasteiger partial charge in [0.15, 0.2) is 0 Å². The molecule has 0 aliphatic rings. The molecule has 5 nitrogen and oxygen atoms in total. The van der Waals surface area contributed by atoms with Crippen LogP contribution >= 0.6 is 11.6 Å². The van der Waals surface area contributed by atoms with E-state index in [1.54, 1.807) is 24.3 Å². The van der Waals surface area contributed by atoms with E-state index in [0.717, 1.165) is 22.0 Å². The second-order valence-corrected chi connectivity index (χ2v) is 6.42. The number of aromatic nitrogens is 1. The second kappa shape index (κ2) is 6.99. The number of anilines is 1. The highest BCUT2D eigenvalue weighted by Gasteiger charge is 2.08. The highest BCUT2D eigenvalue weighted by atomic mass is 35.5. The molecule has 0 unspecified atom stereocenters. The molecule has 1 heterocycles. The molecule has 25 heavy (non-hydrogen) atoms. The predicted molar refractivity (Wildman–Crippen MR) is 101 cm³/mol. The summed E-state index contributed by atoms with van der Waals surface area (Å²) in [4.78, 5) is 27.1. The van der Waals surface area contributed by atoms with Crippen LogP contribution in [0.1, 0.15) is 16.7 Å². The molecule has 0 spiro atoms. The number of H-pyrrole nitrogens is 1. The van der Waals surface area contributed by atoms with Crippen LogP contribution in [0.25, 0.3) is 10.9 Å². The van der Waals surface area contributed by atoms with Crippen molar-refractivity contribution in [3.63, 3.8) is 0 Å². The highest BCUT2D eigenvalue weighted by Crippen LogP contribution is 2.18. The maximum absolute atomic E-state index is 12.2. The van der Waals surface area contributed by atoms with Crippen LogP contribution in [0.4, 0.5) is 10.5 Å². The van der Waals surface area contributed by atoms with Gasteiger partial charge in [-0.05, 0) is 61.2 Å². The second-order valence-electron chi connectivity index (χ2n) is 5.98. The number of rotatable bonds is 3. The van der Waals surface area contributed by atoms with Crippen molar-refractivity contribution in [2.24, 2.45) is 0 Å². The molecule has 0 aliphatic heterocycles. The Morgan fingerprint density at radius 1 is 1.12 bits per heavy atom. The van der Waals surface area contributed by atoms with Gasteiger partial charge in [0.2, 0.25) is 0 Å².